The molecule has 0 aliphatic carbocycles. The van der Waals surface area contributed by atoms with Crippen molar-refractivity contribution in [3.05, 3.63) is 0 Å². The smallest absolute Gasteiger partial charge is 0.249 e. The molecular weight excluding hydrogens is 158 g/mol. The molecule has 0 aromatic heterocycles. The van der Waals surface area contributed by atoms with E-state index in [0.717, 1.165) is 5.06 Å². The number of hydroxylamine groups is 2. The van der Waals surface area contributed by atoms with E-state index in [1.54, 1.807) is 6.92 Å². The number of rotatable bonds is 4. The van der Waals surface area contributed by atoms with E-state index in [1.807, 2.05) is 0 Å². The highest BCUT2D eigenvalue weighted by molar-refractivity contribution is 5.84. The van der Waals surface area contributed by atoms with E-state index in [9.17, 15) is 9.59 Å². The maximum Gasteiger partial charge on any atom is 0.249 e. The summed E-state index contributed by atoms with van der Waals surface area (Å²) in [4.78, 5) is 26.6. The van der Waals surface area contributed by atoms with Crippen LogP contribution in [0.25, 0.3) is 0 Å². The summed E-state index contributed by atoms with van der Waals surface area (Å²) < 4.78 is 0. The van der Waals surface area contributed by atoms with E-state index < -0.39 is 0 Å². The van der Waals surface area contributed by atoms with E-state index >= 15 is 0 Å². The zero-order valence-corrected chi connectivity index (χ0v) is 7.96. The quantitative estimate of drug-likeness (QED) is 0.585. The van der Waals surface area contributed by atoms with Crippen LogP contribution in [0.4, 0.5) is 0 Å². The first-order valence-corrected chi connectivity index (χ1v) is 3.80. The van der Waals surface area contributed by atoms with Crippen LogP contribution in [0.3, 0.4) is 0 Å². The van der Waals surface area contributed by atoms with Gasteiger partial charge in [-0.25, -0.2) is 5.06 Å². The Hall–Kier alpha value is -0.900. The predicted molar refractivity (Wildman–Crippen MR) is 44.2 cm³/mol. The lowest BCUT2D eigenvalue weighted by Gasteiger charge is -2.17. The second-order valence-electron chi connectivity index (χ2n) is 2.83. The summed E-state index contributed by atoms with van der Waals surface area (Å²) in [6.45, 7) is 3.18. The molecular formula is C8H15NO3. The van der Waals surface area contributed by atoms with Gasteiger partial charge in [0.05, 0.1) is 7.11 Å². The summed E-state index contributed by atoms with van der Waals surface area (Å²) in [7, 11) is 2.94. The zero-order chi connectivity index (χ0) is 9.72. The van der Waals surface area contributed by atoms with Gasteiger partial charge in [-0.15, -0.1) is 0 Å². The first-order valence-electron chi connectivity index (χ1n) is 3.80. The number of Topliss-reactive ketones (excluding diaryl/α,β-unsaturated/α-hetero) is 1. The molecule has 0 rings (SSSR count). The molecule has 4 nitrogen and oxygen atoms in total. The second-order valence-corrected chi connectivity index (χ2v) is 2.83. The van der Waals surface area contributed by atoms with E-state index in [1.165, 1.54) is 21.1 Å². The van der Waals surface area contributed by atoms with Crippen molar-refractivity contribution in [2.24, 2.45) is 5.92 Å². The largest absolute Gasteiger partial charge is 0.300 e. The third-order valence-electron chi connectivity index (χ3n) is 1.60. The van der Waals surface area contributed by atoms with Crippen LogP contribution in [-0.2, 0) is 14.4 Å². The lowest BCUT2D eigenvalue weighted by Crippen LogP contribution is -2.31. The van der Waals surface area contributed by atoms with Gasteiger partial charge >= 0.3 is 0 Å². The molecule has 1 atom stereocenters. The normalized spacial score (nSPS) is 12.3. The van der Waals surface area contributed by atoms with Crippen LogP contribution in [0.1, 0.15) is 20.3 Å². The van der Waals surface area contributed by atoms with Gasteiger partial charge in [0.15, 0.2) is 0 Å². The fraction of sp³-hybridized carbons (Fsp3) is 0.750. The predicted octanol–water partition coefficient (Wildman–Crippen LogP) is 0.621. The maximum absolute atomic E-state index is 11.3. The second kappa shape index (κ2) is 4.87. The number of nitrogens with zero attached hydrogens (tertiary/aromatic N) is 1. The van der Waals surface area contributed by atoms with Crippen LogP contribution in [0.5, 0.6) is 0 Å². The van der Waals surface area contributed by atoms with Crippen LogP contribution in [0.2, 0.25) is 0 Å². The summed E-state index contributed by atoms with van der Waals surface area (Å²) in [6.07, 6.45) is 0.270. The number of amides is 1. The Morgan fingerprint density at radius 2 is 2.00 bits per heavy atom. The van der Waals surface area contributed by atoms with E-state index in [4.69, 9.17) is 0 Å². The number of hydrogen-bond acceptors (Lipinski definition) is 3. The minimum Gasteiger partial charge on any atom is -0.300 e. The Morgan fingerprint density at radius 1 is 1.50 bits per heavy atom. The number of hydrogen-bond donors (Lipinski definition) is 0. The fourth-order valence-electron chi connectivity index (χ4n) is 0.919. The minimum atomic E-state index is -0.299. The van der Waals surface area contributed by atoms with E-state index in [2.05, 4.69) is 4.84 Å². The summed E-state index contributed by atoms with van der Waals surface area (Å²) >= 11 is 0. The highest BCUT2D eigenvalue weighted by atomic mass is 16.7. The SMILES string of the molecule is CON(C)C(=O)C(C)CC(C)=O. The Balaban J connectivity index is 4.01. The van der Waals surface area contributed by atoms with Crippen molar-refractivity contribution >= 4 is 11.7 Å². The molecule has 0 heterocycles. The zero-order valence-electron chi connectivity index (χ0n) is 7.96. The molecule has 70 valence electrons. The van der Waals surface area contributed by atoms with Crippen molar-refractivity contribution in [3.63, 3.8) is 0 Å². The van der Waals surface area contributed by atoms with Gasteiger partial charge in [0.1, 0.15) is 5.78 Å². The van der Waals surface area contributed by atoms with Gasteiger partial charge in [-0.1, -0.05) is 6.92 Å². The van der Waals surface area contributed by atoms with Crippen molar-refractivity contribution in [1.29, 1.82) is 0 Å². The van der Waals surface area contributed by atoms with Crippen LogP contribution < -0.4 is 0 Å². The third kappa shape index (κ3) is 3.48. The number of ketones is 1. The van der Waals surface area contributed by atoms with Crippen LogP contribution in [-0.4, -0.2) is 30.9 Å². The lowest BCUT2D eigenvalue weighted by atomic mass is 10.1. The molecule has 0 spiro atoms. The summed E-state index contributed by atoms with van der Waals surface area (Å²) in [5, 5.41) is 1.13. The molecule has 0 aromatic rings. The molecule has 0 aliphatic heterocycles. The molecule has 1 unspecified atom stereocenters. The minimum absolute atomic E-state index is 0.0142. The van der Waals surface area contributed by atoms with Gasteiger partial charge < -0.3 is 4.79 Å². The fourth-order valence-corrected chi connectivity index (χ4v) is 0.919. The summed E-state index contributed by atoms with van der Waals surface area (Å²) in [6, 6.07) is 0. The van der Waals surface area contributed by atoms with Crippen LogP contribution in [0.15, 0.2) is 0 Å². The van der Waals surface area contributed by atoms with Crippen molar-refractivity contribution in [3.8, 4) is 0 Å². The topological polar surface area (TPSA) is 46.6 Å². The van der Waals surface area contributed by atoms with Crippen molar-refractivity contribution in [1.82, 2.24) is 5.06 Å². The van der Waals surface area contributed by atoms with Crippen LogP contribution in [0, 0.1) is 5.92 Å². The third-order valence-corrected chi connectivity index (χ3v) is 1.60. The van der Waals surface area contributed by atoms with E-state index in [0.29, 0.717) is 0 Å². The van der Waals surface area contributed by atoms with Crippen molar-refractivity contribution < 1.29 is 14.4 Å². The molecule has 0 radical (unpaired) electrons. The Morgan fingerprint density at radius 3 is 2.33 bits per heavy atom. The Labute approximate surface area is 72.4 Å². The summed E-state index contributed by atoms with van der Waals surface area (Å²) in [5.41, 5.74) is 0. The van der Waals surface area contributed by atoms with Crippen molar-refractivity contribution in [2.45, 2.75) is 20.3 Å². The standard InChI is InChI=1S/C8H15NO3/c1-6(5-7(2)10)8(11)9(3)12-4/h6H,5H2,1-4H3. The monoisotopic (exact) mass is 173 g/mol. The Bertz CT molecular complexity index is 179. The average molecular weight is 173 g/mol. The molecule has 0 N–H and O–H groups in total. The van der Waals surface area contributed by atoms with Gasteiger partial charge in [0.25, 0.3) is 0 Å². The molecule has 0 bridgehead atoms. The van der Waals surface area contributed by atoms with Gasteiger partial charge in [-0.05, 0) is 6.92 Å². The first kappa shape index (κ1) is 11.1. The first-order chi connectivity index (χ1) is 5.49. The highest BCUT2D eigenvalue weighted by Gasteiger charge is 2.18. The van der Waals surface area contributed by atoms with Gasteiger partial charge in [-0.2, -0.15) is 0 Å². The molecule has 0 saturated heterocycles. The Kier molecular flexibility index (Phi) is 4.51. The number of carbonyl (C=O) groups is 2. The number of carbonyl (C=O) groups excluding carboxylic acids is 2. The van der Waals surface area contributed by atoms with Gasteiger partial charge in [-0.3, -0.25) is 9.63 Å². The van der Waals surface area contributed by atoms with Crippen molar-refractivity contribution in [2.75, 3.05) is 14.2 Å². The van der Waals surface area contributed by atoms with Crippen LogP contribution >= 0.6 is 0 Å². The molecule has 4 heteroatoms. The molecule has 0 fully saturated rings. The molecule has 0 saturated carbocycles. The molecule has 0 aliphatic rings. The van der Waals surface area contributed by atoms with Gasteiger partial charge in [0, 0.05) is 19.4 Å². The molecule has 0 aromatic carbocycles. The average Bonchev–Trinajstić information content (AvgIpc) is 2.00. The maximum atomic E-state index is 11.3. The highest BCUT2D eigenvalue weighted by Crippen LogP contribution is 2.06. The molecule has 1 amide bonds. The van der Waals surface area contributed by atoms with Gasteiger partial charge in [0.2, 0.25) is 5.91 Å². The van der Waals surface area contributed by atoms with E-state index in [-0.39, 0.29) is 24.0 Å². The lowest BCUT2D eigenvalue weighted by molar-refractivity contribution is -0.173. The molecule has 12 heavy (non-hydrogen) atoms. The summed E-state index contributed by atoms with van der Waals surface area (Å²) in [5.74, 6) is -0.458.